The lowest BCUT2D eigenvalue weighted by molar-refractivity contribution is 0.411. The van der Waals surface area contributed by atoms with Crippen LogP contribution in [-0.4, -0.2) is 22.0 Å². The molecule has 1 aromatic heterocycles. The van der Waals surface area contributed by atoms with Crippen molar-refractivity contribution in [1.29, 1.82) is 0 Å². The third-order valence-corrected chi connectivity index (χ3v) is 5.26. The summed E-state index contributed by atoms with van der Waals surface area (Å²) >= 11 is 5.05. The minimum atomic E-state index is 0.626. The van der Waals surface area contributed by atoms with Crippen LogP contribution in [0.4, 0.5) is 0 Å². The first-order chi connectivity index (χ1) is 11.6. The Kier molecular flexibility index (Phi) is 5.11. The second kappa shape index (κ2) is 7.27. The van der Waals surface area contributed by atoms with E-state index in [2.05, 4.69) is 39.1 Å². The molecule has 2 aromatic carbocycles. The van der Waals surface area contributed by atoms with E-state index in [9.17, 15) is 0 Å². The number of hydrogen-bond donors (Lipinski definition) is 1. The monoisotopic (exact) mass is 404 g/mol. The Morgan fingerprint density at radius 2 is 2.00 bits per heavy atom. The molecule has 7 heteroatoms. The zero-order chi connectivity index (χ0) is 17.1. The fourth-order valence-electron chi connectivity index (χ4n) is 2.36. The van der Waals surface area contributed by atoms with Gasteiger partial charge in [-0.15, -0.1) is 10.2 Å². The predicted octanol–water partition coefficient (Wildman–Crippen LogP) is 4.03. The van der Waals surface area contributed by atoms with Crippen LogP contribution in [0.25, 0.3) is 11.4 Å². The maximum atomic E-state index is 6.19. The maximum Gasteiger partial charge on any atom is 0.210 e. The molecule has 0 aliphatic rings. The molecule has 24 heavy (non-hydrogen) atoms. The van der Waals surface area contributed by atoms with Crippen molar-refractivity contribution in [3.05, 3.63) is 58.1 Å². The Morgan fingerprint density at radius 3 is 2.75 bits per heavy atom. The summed E-state index contributed by atoms with van der Waals surface area (Å²) in [5.74, 6) is 8.38. The minimum absolute atomic E-state index is 0.626. The number of benzene rings is 2. The lowest BCUT2D eigenvalue weighted by atomic mass is 10.1. The van der Waals surface area contributed by atoms with Gasteiger partial charge in [0.2, 0.25) is 5.16 Å². The largest absolute Gasteiger partial charge is 0.496 e. The first-order valence-corrected chi connectivity index (χ1v) is 9.09. The van der Waals surface area contributed by atoms with Crippen molar-refractivity contribution in [1.82, 2.24) is 14.9 Å². The van der Waals surface area contributed by atoms with E-state index in [-0.39, 0.29) is 0 Å². The SMILES string of the molecule is COc1ccc(C)cc1CSc1nnc(-c2ccccc2Br)n1N. The highest BCUT2D eigenvalue weighted by Crippen LogP contribution is 2.31. The molecule has 1 heterocycles. The normalized spacial score (nSPS) is 10.8. The molecule has 0 bridgehead atoms. The molecule has 0 amide bonds. The van der Waals surface area contributed by atoms with Gasteiger partial charge >= 0.3 is 0 Å². The summed E-state index contributed by atoms with van der Waals surface area (Å²) in [4.78, 5) is 0. The molecule has 2 N–H and O–H groups in total. The molecule has 0 aliphatic heterocycles. The molecule has 0 aliphatic carbocycles. The molecular formula is C17H17BrN4OS. The Labute approximate surface area is 153 Å². The van der Waals surface area contributed by atoms with E-state index < -0.39 is 0 Å². The Bertz CT molecular complexity index is 866. The van der Waals surface area contributed by atoms with E-state index in [4.69, 9.17) is 10.6 Å². The molecule has 0 fully saturated rings. The minimum Gasteiger partial charge on any atom is -0.496 e. The van der Waals surface area contributed by atoms with Crippen molar-refractivity contribution in [3.8, 4) is 17.1 Å². The summed E-state index contributed by atoms with van der Waals surface area (Å²) in [5, 5.41) is 9.10. The lowest BCUT2D eigenvalue weighted by Gasteiger charge is -2.09. The van der Waals surface area contributed by atoms with Gasteiger partial charge in [-0.05, 0) is 25.1 Å². The van der Waals surface area contributed by atoms with Crippen molar-refractivity contribution in [2.24, 2.45) is 0 Å². The summed E-state index contributed by atoms with van der Waals surface area (Å²) in [7, 11) is 1.68. The van der Waals surface area contributed by atoms with Gasteiger partial charge in [-0.2, -0.15) is 0 Å². The van der Waals surface area contributed by atoms with Crippen LogP contribution in [-0.2, 0) is 5.75 Å². The zero-order valence-corrected chi connectivity index (χ0v) is 15.8. The lowest BCUT2D eigenvalue weighted by Crippen LogP contribution is -2.11. The Morgan fingerprint density at radius 1 is 1.21 bits per heavy atom. The van der Waals surface area contributed by atoms with Gasteiger partial charge in [0.1, 0.15) is 5.75 Å². The highest BCUT2D eigenvalue weighted by Gasteiger charge is 2.15. The summed E-state index contributed by atoms with van der Waals surface area (Å²) in [6.07, 6.45) is 0. The highest BCUT2D eigenvalue weighted by molar-refractivity contribution is 9.10. The van der Waals surface area contributed by atoms with Gasteiger partial charge in [0.05, 0.1) is 7.11 Å². The molecule has 0 radical (unpaired) electrons. The van der Waals surface area contributed by atoms with Crippen LogP contribution in [0.5, 0.6) is 5.75 Å². The van der Waals surface area contributed by atoms with Crippen LogP contribution >= 0.6 is 27.7 Å². The van der Waals surface area contributed by atoms with Crippen molar-refractivity contribution < 1.29 is 4.74 Å². The highest BCUT2D eigenvalue weighted by atomic mass is 79.9. The van der Waals surface area contributed by atoms with Crippen LogP contribution in [0.2, 0.25) is 0 Å². The van der Waals surface area contributed by atoms with E-state index in [1.807, 2.05) is 36.4 Å². The van der Waals surface area contributed by atoms with Gasteiger partial charge in [0.25, 0.3) is 0 Å². The second-order valence-electron chi connectivity index (χ2n) is 5.26. The van der Waals surface area contributed by atoms with E-state index >= 15 is 0 Å². The quantitative estimate of drug-likeness (QED) is 0.513. The molecule has 5 nitrogen and oxygen atoms in total. The summed E-state index contributed by atoms with van der Waals surface area (Å²) in [6, 6.07) is 13.9. The van der Waals surface area contributed by atoms with E-state index in [0.29, 0.717) is 16.7 Å². The molecule has 0 saturated carbocycles. The van der Waals surface area contributed by atoms with Crippen LogP contribution in [0, 0.1) is 6.92 Å². The van der Waals surface area contributed by atoms with Crippen molar-refractivity contribution in [2.45, 2.75) is 17.8 Å². The molecule has 0 saturated heterocycles. The number of halogens is 1. The summed E-state index contributed by atoms with van der Waals surface area (Å²) < 4.78 is 7.87. The van der Waals surface area contributed by atoms with Gasteiger partial charge in [0, 0.05) is 21.4 Å². The van der Waals surface area contributed by atoms with Gasteiger partial charge in [-0.1, -0.05) is 57.5 Å². The van der Waals surface area contributed by atoms with E-state index in [1.165, 1.54) is 22.0 Å². The third-order valence-electron chi connectivity index (χ3n) is 3.57. The zero-order valence-electron chi connectivity index (χ0n) is 13.4. The van der Waals surface area contributed by atoms with Gasteiger partial charge in [-0.3, -0.25) is 0 Å². The number of rotatable bonds is 5. The average molecular weight is 405 g/mol. The van der Waals surface area contributed by atoms with Crippen LogP contribution < -0.4 is 10.6 Å². The number of thioether (sulfide) groups is 1. The maximum absolute atomic E-state index is 6.19. The number of ether oxygens (including phenoxy) is 1. The molecule has 0 spiro atoms. The number of nitrogens with zero attached hydrogens (tertiary/aromatic N) is 3. The van der Waals surface area contributed by atoms with E-state index in [0.717, 1.165) is 21.3 Å². The van der Waals surface area contributed by atoms with E-state index in [1.54, 1.807) is 7.11 Å². The fraction of sp³-hybridized carbons (Fsp3) is 0.176. The molecule has 124 valence electrons. The van der Waals surface area contributed by atoms with Crippen LogP contribution in [0.15, 0.2) is 52.1 Å². The third kappa shape index (κ3) is 3.42. The Hall–Kier alpha value is -1.99. The second-order valence-corrected chi connectivity index (χ2v) is 7.06. The number of aryl methyl sites for hydroxylation is 1. The first kappa shape index (κ1) is 16.9. The molecule has 0 atom stereocenters. The summed E-state index contributed by atoms with van der Waals surface area (Å²) in [5.41, 5.74) is 3.20. The van der Waals surface area contributed by atoms with Crippen molar-refractivity contribution in [2.75, 3.05) is 13.0 Å². The van der Waals surface area contributed by atoms with Crippen LogP contribution in [0.3, 0.4) is 0 Å². The molecule has 0 unspecified atom stereocenters. The molecule has 3 aromatic rings. The van der Waals surface area contributed by atoms with Gasteiger partial charge in [0.15, 0.2) is 5.82 Å². The number of nitrogen functional groups attached to an aromatic ring is 1. The standard InChI is InChI=1S/C17H17BrN4OS/c1-11-7-8-15(23-2)12(9-11)10-24-17-21-20-16(22(17)19)13-5-3-4-6-14(13)18/h3-9H,10,19H2,1-2H3. The molecule has 3 rings (SSSR count). The van der Waals surface area contributed by atoms with Crippen LogP contribution in [0.1, 0.15) is 11.1 Å². The topological polar surface area (TPSA) is 66.0 Å². The molecular weight excluding hydrogens is 388 g/mol. The van der Waals surface area contributed by atoms with Gasteiger partial charge < -0.3 is 10.6 Å². The number of hydrogen-bond acceptors (Lipinski definition) is 5. The van der Waals surface area contributed by atoms with Gasteiger partial charge in [-0.25, -0.2) is 4.68 Å². The predicted molar refractivity (Wildman–Crippen MR) is 101 cm³/mol. The number of methoxy groups -OCH3 is 1. The first-order valence-electron chi connectivity index (χ1n) is 7.32. The van der Waals surface area contributed by atoms with Crippen molar-refractivity contribution in [3.63, 3.8) is 0 Å². The fourth-order valence-corrected chi connectivity index (χ4v) is 3.66. The smallest absolute Gasteiger partial charge is 0.210 e. The summed E-state index contributed by atoms with van der Waals surface area (Å²) in [6.45, 7) is 2.06. The number of nitrogens with two attached hydrogens (primary N) is 1. The average Bonchev–Trinajstić information content (AvgIpc) is 2.94. The Balaban J connectivity index is 1.83. The van der Waals surface area contributed by atoms with Crippen molar-refractivity contribution >= 4 is 27.7 Å². The number of aromatic nitrogens is 3.